The number of nitrogens with one attached hydrogen (secondary N) is 1. The standard InChI is InChI=1S/C35H55NO18/c1-13-20(36-17-9-14(10-37)21(40)24(43)22(17)41)23(42)27(46)32(49-13)53-30-19(12-39)52-34(29(48)26(30)45)54-31-18(11-38)51-33(28(47)25(31)44)50-16-7-5-15(6-8-16)35(2,3)4/h5-9,13,17-34,36-48H,10-12H2,1-4H3. The number of hydrogen-bond acceptors (Lipinski definition) is 19. The first-order valence-corrected chi connectivity index (χ1v) is 17.9. The maximum atomic E-state index is 11.1. The van der Waals surface area contributed by atoms with Crippen molar-refractivity contribution in [3.8, 4) is 5.75 Å². The Morgan fingerprint density at radius 1 is 0.630 bits per heavy atom. The summed E-state index contributed by atoms with van der Waals surface area (Å²) in [6.07, 6.45) is -25.9. The van der Waals surface area contributed by atoms with Gasteiger partial charge in [0.25, 0.3) is 0 Å². The van der Waals surface area contributed by atoms with Gasteiger partial charge in [-0.25, -0.2) is 0 Å². The van der Waals surface area contributed by atoms with Gasteiger partial charge in [-0.05, 0) is 35.6 Å². The SMILES string of the molecule is CC1OC(OC2C(CO)OC(OC3C(CO)OC(Oc4ccc(C(C)(C)C)cc4)C(O)C3O)C(O)C2O)C(O)C(O)C1NC1C=C(CO)C(O)C(O)C1O. The van der Waals surface area contributed by atoms with E-state index in [0.29, 0.717) is 5.75 Å². The number of aliphatic hydroxyl groups is 12. The Hall–Kier alpha value is -1.96. The molecule has 54 heavy (non-hydrogen) atoms. The van der Waals surface area contributed by atoms with Gasteiger partial charge in [0.05, 0.1) is 38.0 Å². The minimum Gasteiger partial charge on any atom is -0.462 e. The Balaban J connectivity index is 1.21. The third kappa shape index (κ3) is 8.94. The zero-order valence-electron chi connectivity index (χ0n) is 30.3. The van der Waals surface area contributed by atoms with Gasteiger partial charge in [-0.2, -0.15) is 0 Å². The fraction of sp³-hybridized carbons (Fsp3) is 0.771. The molecule has 0 radical (unpaired) electrons. The Labute approximate surface area is 311 Å². The zero-order chi connectivity index (χ0) is 39.8. The molecule has 1 aromatic carbocycles. The molecule has 19 heteroatoms. The van der Waals surface area contributed by atoms with Gasteiger partial charge in [0, 0.05) is 0 Å². The summed E-state index contributed by atoms with van der Waals surface area (Å²) in [5.74, 6) is 0.319. The minimum absolute atomic E-state index is 0.0256. The minimum atomic E-state index is -1.93. The van der Waals surface area contributed by atoms with Crippen LogP contribution in [-0.2, 0) is 29.1 Å². The van der Waals surface area contributed by atoms with Crippen LogP contribution in [0.25, 0.3) is 0 Å². The van der Waals surface area contributed by atoms with Crippen molar-refractivity contribution in [2.45, 2.75) is 150 Å². The smallest absolute Gasteiger partial charge is 0.229 e. The van der Waals surface area contributed by atoms with Crippen LogP contribution in [0, 0.1) is 0 Å². The molecule has 3 fully saturated rings. The second-order valence-electron chi connectivity index (χ2n) is 15.2. The van der Waals surface area contributed by atoms with Gasteiger partial charge < -0.3 is 95.0 Å². The van der Waals surface area contributed by atoms with Crippen molar-refractivity contribution >= 4 is 0 Å². The molecule has 1 aliphatic carbocycles. The number of benzene rings is 1. The maximum Gasteiger partial charge on any atom is 0.229 e. The fourth-order valence-corrected chi connectivity index (χ4v) is 7.06. The van der Waals surface area contributed by atoms with Crippen LogP contribution in [0.1, 0.15) is 33.3 Å². The Morgan fingerprint density at radius 2 is 1.13 bits per heavy atom. The molecule has 0 amide bonds. The largest absolute Gasteiger partial charge is 0.462 e. The number of ether oxygens (including phenoxy) is 6. The molecule has 1 aromatic rings. The lowest BCUT2D eigenvalue weighted by Crippen LogP contribution is -2.68. The molecule has 0 spiro atoms. The first-order valence-electron chi connectivity index (χ1n) is 17.9. The number of hydrogen-bond donors (Lipinski definition) is 13. The molecule has 19 nitrogen and oxygen atoms in total. The molecule has 3 saturated heterocycles. The van der Waals surface area contributed by atoms with Crippen molar-refractivity contribution in [3.05, 3.63) is 41.5 Å². The van der Waals surface area contributed by atoms with E-state index in [1.54, 1.807) is 12.1 Å². The van der Waals surface area contributed by atoms with Gasteiger partial charge >= 0.3 is 0 Å². The predicted molar refractivity (Wildman–Crippen MR) is 181 cm³/mol. The molecule has 19 unspecified atom stereocenters. The van der Waals surface area contributed by atoms with Crippen LogP contribution in [0.2, 0.25) is 0 Å². The average Bonchev–Trinajstić information content (AvgIpc) is 3.14. The topological polar surface area (TPSA) is 310 Å². The van der Waals surface area contributed by atoms with Crippen LogP contribution in [0.3, 0.4) is 0 Å². The second-order valence-corrected chi connectivity index (χ2v) is 15.2. The molecule has 3 aliphatic heterocycles. The Kier molecular flexibility index (Phi) is 14.1. The lowest BCUT2D eigenvalue weighted by molar-refractivity contribution is -0.372. The summed E-state index contributed by atoms with van der Waals surface area (Å²) in [6.45, 7) is 5.43. The van der Waals surface area contributed by atoms with E-state index in [0.717, 1.165) is 5.56 Å². The Morgan fingerprint density at radius 3 is 1.65 bits per heavy atom. The van der Waals surface area contributed by atoms with E-state index in [9.17, 15) is 61.3 Å². The van der Waals surface area contributed by atoms with Crippen LogP contribution in [0.5, 0.6) is 5.75 Å². The normalized spacial score (nSPS) is 44.8. The summed E-state index contributed by atoms with van der Waals surface area (Å²) >= 11 is 0. The molecular formula is C35H55NO18. The lowest BCUT2D eigenvalue weighted by Gasteiger charge is -2.48. The third-order valence-corrected chi connectivity index (χ3v) is 10.4. The molecule has 0 saturated carbocycles. The summed E-state index contributed by atoms with van der Waals surface area (Å²) in [4.78, 5) is 0. The first-order chi connectivity index (χ1) is 25.4. The van der Waals surface area contributed by atoms with E-state index in [2.05, 4.69) is 5.32 Å². The molecular weight excluding hydrogens is 722 g/mol. The van der Waals surface area contributed by atoms with Crippen molar-refractivity contribution in [2.75, 3.05) is 19.8 Å². The van der Waals surface area contributed by atoms with Crippen molar-refractivity contribution in [2.24, 2.45) is 0 Å². The van der Waals surface area contributed by atoms with E-state index < -0.39 is 136 Å². The average molecular weight is 778 g/mol. The fourth-order valence-electron chi connectivity index (χ4n) is 7.06. The van der Waals surface area contributed by atoms with Crippen LogP contribution in [0.15, 0.2) is 35.9 Å². The highest BCUT2D eigenvalue weighted by Gasteiger charge is 2.54. The summed E-state index contributed by atoms with van der Waals surface area (Å²) in [7, 11) is 0. The summed E-state index contributed by atoms with van der Waals surface area (Å²) in [6, 6.07) is 4.84. The quantitative estimate of drug-likeness (QED) is 0.0935. The van der Waals surface area contributed by atoms with Gasteiger partial charge in [-0.1, -0.05) is 39.0 Å². The summed E-state index contributed by atoms with van der Waals surface area (Å²) in [5.41, 5.74) is 0.927. The summed E-state index contributed by atoms with van der Waals surface area (Å²) in [5, 5.41) is 130. The molecule has 13 N–H and O–H groups in total. The molecule has 0 bridgehead atoms. The van der Waals surface area contributed by atoms with Gasteiger partial charge in [0.15, 0.2) is 12.6 Å². The Bertz CT molecular complexity index is 1380. The van der Waals surface area contributed by atoms with Crippen molar-refractivity contribution in [1.29, 1.82) is 0 Å². The van der Waals surface area contributed by atoms with E-state index in [-0.39, 0.29) is 11.0 Å². The van der Waals surface area contributed by atoms with Crippen molar-refractivity contribution in [1.82, 2.24) is 5.32 Å². The molecule has 308 valence electrons. The van der Waals surface area contributed by atoms with Gasteiger partial charge in [0.1, 0.15) is 85.1 Å². The van der Waals surface area contributed by atoms with E-state index in [4.69, 9.17) is 28.4 Å². The number of aliphatic hydroxyl groups excluding tert-OH is 12. The monoisotopic (exact) mass is 777 g/mol. The van der Waals surface area contributed by atoms with Gasteiger partial charge in [-0.3, -0.25) is 0 Å². The zero-order valence-corrected chi connectivity index (χ0v) is 30.3. The number of rotatable bonds is 11. The van der Waals surface area contributed by atoms with E-state index in [1.165, 1.54) is 13.0 Å². The third-order valence-electron chi connectivity index (χ3n) is 10.4. The van der Waals surface area contributed by atoms with Crippen LogP contribution in [-0.4, -0.2) is 198 Å². The summed E-state index contributed by atoms with van der Waals surface area (Å²) < 4.78 is 34.5. The van der Waals surface area contributed by atoms with Crippen LogP contribution in [0.4, 0.5) is 0 Å². The molecule has 5 rings (SSSR count). The highest BCUT2D eigenvalue weighted by molar-refractivity contribution is 5.31. The second kappa shape index (κ2) is 17.7. The molecule has 4 aliphatic rings. The molecule has 3 heterocycles. The highest BCUT2D eigenvalue weighted by Crippen LogP contribution is 2.34. The lowest BCUT2D eigenvalue weighted by atomic mass is 9.86. The maximum absolute atomic E-state index is 11.1. The molecule has 19 atom stereocenters. The van der Waals surface area contributed by atoms with Crippen molar-refractivity contribution < 1.29 is 89.7 Å². The van der Waals surface area contributed by atoms with Gasteiger partial charge in [-0.15, -0.1) is 0 Å². The molecule has 0 aromatic heterocycles. The van der Waals surface area contributed by atoms with E-state index >= 15 is 0 Å². The van der Waals surface area contributed by atoms with Crippen LogP contribution >= 0.6 is 0 Å². The highest BCUT2D eigenvalue weighted by atomic mass is 16.8. The first kappa shape index (κ1) is 43.2. The predicted octanol–water partition coefficient (Wildman–Crippen LogP) is -5.18. The van der Waals surface area contributed by atoms with E-state index in [1.807, 2.05) is 32.9 Å². The van der Waals surface area contributed by atoms with Crippen molar-refractivity contribution in [3.63, 3.8) is 0 Å². The van der Waals surface area contributed by atoms with Gasteiger partial charge in [0.2, 0.25) is 6.29 Å². The van der Waals surface area contributed by atoms with Crippen LogP contribution < -0.4 is 10.1 Å².